The van der Waals surface area contributed by atoms with Crippen molar-refractivity contribution < 1.29 is 18.8 Å². The van der Waals surface area contributed by atoms with Gasteiger partial charge < -0.3 is 18.8 Å². The highest BCUT2D eigenvalue weighted by Gasteiger charge is 2.52. The minimum atomic E-state index is -0.447. The predicted molar refractivity (Wildman–Crippen MR) is 84.5 cm³/mol. The van der Waals surface area contributed by atoms with E-state index in [2.05, 4.69) is 6.92 Å². The summed E-state index contributed by atoms with van der Waals surface area (Å²) in [6.45, 7) is 10.9. The van der Waals surface area contributed by atoms with Crippen LogP contribution in [0.1, 0.15) is 41.0 Å². The van der Waals surface area contributed by atoms with E-state index in [1.54, 1.807) is 7.11 Å². The molecule has 4 nitrogen and oxygen atoms in total. The maximum Gasteiger partial charge on any atom is 0.498 e. The molecule has 0 aromatic heterocycles. The minimum absolute atomic E-state index is 0.372. The summed E-state index contributed by atoms with van der Waals surface area (Å²) in [6, 6.07) is 5.72. The van der Waals surface area contributed by atoms with E-state index in [-0.39, 0.29) is 11.2 Å². The van der Waals surface area contributed by atoms with Crippen molar-refractivity contribution in [3.05, 3.63) is 18.2 Å². The first-order chi connectivity index (χ1) is 9.80. The van der Waals surface area contributed by atoms with Crippen LogP contribution in [0.15, 0.2) is 18.2 Å². The van der Waals surface area contributed by atoms with Gasteiger partial charge in [0.05, 0.1) is 24.9 Å². The summed E-state index contributed by atoms with van der Waals surface area (Å²) >= 11 is 0. The summed E-state index contributed by atoms with van der Waals surface area (Å²) in [7, 11) is 1.20. The smallest absolute Gasteiger partial charge is 0.497 e. The van der Waals surface area contributed by atoms with Crippen molar-refractivity contribution in [2.24, 2.45) is 0 Å². The number of rotatable bonds is 5. The van der Waals surface area contributed by atoms with Crippen molar-refractivity contribution in [2.75, 3.05) is 13.7 Å². The van der Waals surface area contributed by atoms with Crippen LogP contribution in [0.25, 0.3) is 0 Å². The van der Waals surface area contributed by atoms with Gasteiger partial charge in [-0.25, -0.2) is 0 Å². The molecule has 1 aromatic rings. The fourth-order valence-electron chi connectivity index (χ4n) is 2.15. The zero-order valence-corrected chi connectivity index (χ0v) is 13.9. The van der Waals surface area contributed by atoms with Crippen molar-refractivity contribution >= 4 is 12.6 Å². The van der Waals surface area contributed by atoms with E-state index in [0.717, 1.165) is 23.4 Å². The Balaban J connectivity index is 2.33. The third-order valence-corrected chi connectivity index (χ3v) is 4.19. The van der Waals surface area contributed by atoms with Crippen molar-refractivity contribution in [1.29, 1.82) is 0 Å². The standard InChI is InChI=1S/C16H25BO4/c1-7-10-19-14-9-8-12(18-6)11-13(14)17-20-15(2,3)16(4,5)21-17/h8-9,11H,7,10H2,1-6H3. The van der Waals surface area contributed by atoms with E-state index in [0.29, 0.717) is 6.61 Å². The summed E-state index contributed by atoms with van der Waals surface area (Å²) in [5.74, 6) is 1.56. The maximum absolute atomic E-state index is 6.11. The highest BCUT2D eigenvalue weighted by atomic mass is 16.7. The Morgan fingerprint density at radius 3 is 2.24 bits per heavy atom. The average Bonchev–Trinajstić information content (AvgIpc) is 2.65. The normalized spacial score (nSPS) is 19.6. The highest BCUT2D eigenvalue weighted by molar-refractivity contribution is 6.63. The molecule has 0 radical (unpaired) electrons. The van der Waals surface area contributed by atoms with Crippen LogP contribution in [-0.2, 0) is 9.31 Å². The molecule has 0 atom stereocenters. The second kappa shape index (κ2) is 5.89. The Morgan fingerprint density at radius 1 is 1.10 bits per heavy atom. The van der Waals surface area contributed by atoms with Gasteiger partial charge >= 0.3 is 7.12 Å². The van der Waals surface area contributed by atoms with Gasteiger partial charge in [-0.05, 0) is 52.3 Å². The number of benzene rings is 1. The van der Waals surface area contributed by atoms with Gasteiger partial charge in [0.15, 0.2) is 0 Å². The topological polar surface area (TPSA) is 36.9 Å². The molecule has 116 valence electrons. The third kappa shape index (κ3) is 3.19. The van der Waals surface area contributed by atoms with Crippen LogP contribution in [0.3, 0.4) is 0 Å². The SMILES string of the molecule is CCCOc1ccc(OC)cc1B1OC(C)(C)C(C)(C)O1. The van der Waals surface area contributed by atoms with Gasteiger partial charge in [0.1, 0.15) is 11.5 Å². The molecule has 0 aliphatic carbocycles. The Labute approximate surface area is 127 Å². The fraction of sp³-hybridized carbons (Fsp3) is 0.625. The summed E-state index contributed by atoms with van der Waals surface area (Å²) in [5, 5.41) is 0. The molecule has 1 saturated heterocycles. The summed E-state index contributed by atoms with van der Waals surface area (Å²) in [6.07, 6.45) is 0.953. The molecule has 1 heterocycles. The average molecular weight is 292 g/mol. The van der Waals surface area contributed by atoms with Crippen molar-refractivity contribution in [3.8, 4) is 11.5 Å². The second-order valence-corrected chi connectivity index (χ2v) is 6.34. The molecule has 1 aliphatic rings. The van der Waals surface area contributed by atoms with Crippen LogP contribution in [0.4, 0.5) is 0 Å². The van der Waals surface area contributed by atoms with Gasteiger partial charge in [-0.15, -0.1) is 0 Å². The number of methoxy groups -OCH3 is 1. The first-order valence-corrected chi connectivity index (χ1v) is 7.47. The lowest BCUT2D eigenvalue weighted by Crippen LogP contribution is -2.41. The van der Waals surface area contributed by atoms with E-state index < -0.39 is 7.12 Å². The Morgan fingerprint density at radius 2 is 1.71 bits per heavy atom. The molecule has 1 aliphatic heterocycles. The molecule has 0 unspecified atom stereocenters. The van der Waals surface area contributed by atoms with E-state index in [1.165, 1.54) is 0 Å². The Bertz CT molecular complexity index is 483. The first-order valence-electron chi connectivity index (χ1n) is 7.47. The Hall–Kier alpha value is -1.20. The van der Waals surface area contributed by atoms with Crippen LogP contribution in [0, 0.1) is 0 Å². The molecule has 0 spiro atoms. The van der Waals surface area contributed by atoms with Crippen LogP contribution < -0.4 is 14.9 Å². The van der Waals surface area contributed by atoms with Crippen molar-refractivity contribution in [1.82, 2.24) is 0 Å². The van der Waals surface area contributed by atoms with Gasteiger partial charge in [-0.2, -0.15) is 0 Å². The zero-order valence-electron chi connectivity index (χ0n) is 13.9. The highest BCUT2D eigenvalue weighted by Crippen LogP contribution is 2.37. The largest absolute Gasteiger partial charge is 0.498 e. The number of hydrogen-bond acceptors (Lipinski definition) is 4. The maximum atomic E-state index is 6.11. The van der Waals surface area contributed by atoms with Gasteiger partial charge in [-0.1, -0.05) is 6.92 Å². The molecule has 1 aromatic carbocycles. The predicted octanol–water partition coefficient (Wildman–Crippen LogP) is 2.78. The molecule has 21 heavy (non-hydrogen) atoms. The molecule has 1 fully saturated rings. The molecular formula is C16H25BO4. The minimum Gasteiger partial charge on any atom is -0.497 e. The lowest BCUT2D eigenvalue weighted by atomic mass is 9.78. The molecule has 2 rings (SSSR count). The monoisotopic (exact) mass is 292 g/mol. The van der Waals surface area contributed by atoms with Gasteiger partial charge in [0.2, 0.25) is 0 Å². The summed E-state index contributed by atoms with van der Waals surface area (Å²) in [5.41, 5.74) is 0.132. The molecular weight excluding hydrogens is 267 g/mol. The van der Waals surface area contributed by atoms with Crippen LogP contribution in [0.5, 0.6) is 11.5 Å². The lowest BCUT2D eigenvalue weighted by Gasteiger charge is -2.32. The van der Waals surface area contributed by atoms with Gasteiger partial charge in [-0.3, -0.25) is 0 Å². The zero-order chi connectivity index (χ0) is 15.7. The van der Waals surface area contributed by atoms with Crippen LogP contribution in [-0.4, -0.2) is 32.0 Å². The van der Waals surface area contributed by atoms with Gasteiger partial charge in [0, 0.05) is 5.46 Å². The Kier molecular flexibility index (Phi) is 4.54. The lowest BCUT2D eigenvalue weighted by molar-refractivity contribution is 0.00578. The van der Waals surface area contributed by atoms with E-state index in [1.807, 2.05) is 45.9 Å². The van der Waals surface area contributed by atoms with Crippen molar-refractivity contribution in [3.63, 3.8) is 0 Å². The second-order valence-electron chi connectivity index (χ2n) is 6.34. The molecule has 0 amide bonds. The van der Waals surface area contributed by atoms with E-state index >= 15 is 0 Å². The van der Waals surface area contributed by atoms with Crippen molar-refractivity contribution in [2.45, 2.75) is 52.2 Å². The molecule has 0 N–H and O–H groups in total. The quantitative estimate of drug-likeness (QED) is 0.782. The summed E-state index contributed by atoms with van der Waals surface area (Å²) in [4.78, 5) is 0. The molecule has 0 saturated carbocycles. The molecule has 5 heteroatoms. The fourth-order valence-corrected chi connectivity index (χ4v) is 2.15. The number of hydrogen-bond donors (Lipinski definition) is 0. The van der Waals surface area contributed by atoms with E-state index in [4.69, 9.17) is 18.8 Å². The first kappa shape index (κ1) is 16.2. The van der Waals surface area contributed by atoms with Crippen LogP contribution in [0.2, 0.25) is 0 Å². The number of ether oxygens (including phenoxy) is 2. The van der Waals surface area contributed by atoms with Gasteiger partial charge in [0.25, 0.3) is 0 Å². The van der Waals surface area contributed by atoms with E-state index in [9.17, 15) is 0 Å². The summed E-state index contributed by atoms with van der Waals surface area (Å²) < 4.78 is 23.4. The third-order valence-electron chi connectivity index (χ3n) is 4.19. The van der Waals surface area contributed by atoms with Crippen LogP contribution >= 0.6 is 0 Å². The molecule has 0 bridgehead atoms.